The summed E-state index contributed by atoms with van der Waals surface area (Å²) in [5, 5.41) is 15.5. The molecule has 2 aromatic carbocycles. The molecule has 0 unspecified atom stereocenters. The fourth-order valence-corrected chi connectivity index (χ4v) is 2.76. The maximum atomic E-state index is 11.8. The van der Waals surface area contributed by atoms with Crippen molar-refractivity contribution in [3.05, 3.63) is 55.0 Å². The van der Waals surface area contributed by atoms with E-state index in [0.29, 0.717) is 5.75 Å². The molecule has 28 heavy (non-hydrogen) atoms. The lowest BCUT2D eigenvalue weighted by Crippen LogP contribution is -2.24. The van der Waals surface area contributed by atoms with Crippen LogP contribution in [0.5, 0.6) is 17.2 Å². The standard InChI is InChI=1S/C16H10Cl3N3O6/c17-9-2-11(19)13(3-10(9)18)26-6-16(23)21-20-5-8-1-14-15(28-7-27-14)4-12(8)22(24)25/h1-5H,6-7H2,(H,21,23). The van der Waals surface area contributed by atoms with Gasteiger partial charge in [0.2, 0.25) is 6.79 Å². The third-order valence-corrected chi connectivity index (χ3v) is 4.46. The smallest absolute Gasteiger partial charge is 0.282 e. The number of halogens is 3. The molecule has 146 valence electrons. The summed E-state index contributed by atoms with van der Waals surface area (Å²) in [5.74, 6) is 0.152. The number of benzene rings is 2. The number of carbonyl (C=O) groups is 1. The highest BCUT2D eigenvalue weighted by Crippen LogP contribution is 2.37. The van der Waals surface area contributed by atoms with Crippen LogP contribution in [0.4, 0.5) is 5.69 Å². The minimum absolute atomic E-state index is 0.0293. The number of hydrazone groups is 1. The zero-order chi connectivity index (χ0) is 20.3. The Bertz CT molecular complexity index is 983. The predicted molar refractivity (Wildman–Crippen MR) is 102 cm³/mol. The zero-order valence-electron chi connectivity index (χ0n) is 13.8. The molecular weight excluding hydrogens is 437 g/mol. The Balaban J connectivity index is 1.63. The Morgan fingerprint density at radius 2 is 1.86 bits per heavy atom. The van der Waals surface area contributed by atoms with Gasteiger partial charge in [0, 0.05) is 6.07 Å². The zero-order valence-corrected chi connectivity index (χ0v) is 16.0. The SMILES string of the molecule is O=C(COc1cc(Cl)c(Cl)cc1Cl)NN=Cc1cc2c(cc1[N+](=O)[O-])OCO2. The van der Waals surface area contributed by atoms with Crippen LogP contribution >= 0.6 is 34.8 Å². The van der Waals surface area contributed by atoms with Crippen LogP contribution in [0.1, 0.15) is 5.56 Å². The first-order chi connectivity index (χ1) is 13.3. The first-order valence-electron chi connectivity index (χ1n) is 7.52. The van der Waals surface area contributed by atoms with Crippen LogP contribution in [-0.2, 0) is 4.79 Å². The van der Waals surface area contributed by atoms with Crippen LogP contribution in [0.15, 0.2) is 29.4 Å². The van der Waals surface area contributed by atoms with Gasteiger partial charge in [-0.25, -0.2) is 5.43 Å². The second-order valence-corrected chi connectivity index (χ2v) is 6.52. The molecular formula is C16H10Cl3N3O6. The van der Waals surface area contributed by atoms with Crippen molar-refractivity contribution in [2.75, 3.05) is 13.4 Å². The number of fused-ring (bicyclic) bond motifs is 1. The number of hydrogen-bond acceptors (Lipinski definition) is 7. The van der Waals surface area contributed by atoms with E-state index in [1.165, 1.54) is 24.3 Å². The topological polar surface area (TPSA) is 112 Å². The number of carbonyl (C=O) groups excluding carboxylic acids is 1. The average molecular weight is 447 g/mol. The molecule has 0 aromatic heterocycles. The van der Waals surface area contributed by atoms with Gasteiger partial charge in [-0.1, -0.05) is 34.8 Å². The Kier molecular flexibility index (Phi) is 6.08. The molecule has 1 aliphatic rings. The highest BCUT2D eigenvalue weighted by molar-refractivity contribution is 6.43. The molecule has 1 aliphatic heterocycles. The molecule has 0 radical (unpaired) electrons. The maximum absolute atomic E-state index is 11.8. The van der Waals surface area contributed by atoms with Crippen molar-refractivity contribution < 1.29 is 23.9 Å². The van der Waals surface area contributed by atoms with Gasteiger partial charge in [-0.05, 0) is 12.1 Å². The van der Waals surface area contributed by atoms with Gasteiger partial charge in [0.1, 0.15) is 5.75 Å². The highest BCUT2D eigenvalue weighted by atomic mass is 35.5. The molecule has 0 bridgehead atoms. The highest BCUT2D eigenvalue weighted by Gasteiger charge is 2.22. The van der Waals surface area contributed by atoms with E-state index in [9.17, 15) is 14.9 Å². The molecule has 3 rings (SSSR count). The van der Waals surface area contributed by atoms with Crippen LogP contribution in [0.25, 0.3) is 0 Å². The minimum atomic E-state index is -0.623. The molecule has 0 saturated carbocycles. The molecule has 0 aliphatic carbocycles. The largest absolute Gasteiger partial charge is 0.482 e. The summed E-state index contributed by atoms with van der Waals surface area (Å²) in [6.07, 6.45) is 1.12. The molecule has 0 atom stereocenters. The lowest BCUT2D eigenvalue weighted by Gasteiger charge is -2.08. The summed E-state index contributed by atoms with van der Waals surface area (Å²) >= 11 is 17.6. The number of hydrogen-bond donors (Lipinski definition) is 1. The third-order valence-electron chi connectivity index (χ3n) is 3.45. The molecule has 2 aromatic rings. The lowest BCUT2D eigenvalue weighted by atomic mass is 10.1. The van der Waals surface area contributed by atoms with Crippen molar-refractivity contribution in [2.24, 2.45) is 5.10 Å². The number of amides is 1. The summed E-state index contributed by atoms with van der Waals surface area (Å²) < 4.78 is 15.5. The number of rotatable bonds is 6. The molecule has 9 nitrogen and oxygen atoms in total. The van der Waals surface area contributed by atoms with Crippen LogP contribution in [0.2, 0.25) is 15.1 Å². The normalized spacial score (nSPS) is 12.2. The van der Waals surface area contributed by atoms with Crippen molar-refractivity contribution in [3.8, 4) is 17.2 Å². The molecule has 1 N–H and O–H groups in total. The van der Waals surface area contributed by atoms with Gasteiger partial charge in [-0.3, -0.25) is 14.9 Å². The Morgan fingerprint density at radius 3 is 2.57 bits per heavy atom. The average Bonchev–Trinajstić information content (AvgIpc) is 3.10. The second-order valence-electron chi connectivity index (χ2n) is 5.30. The molecule has 0 saturated heterocycles. The van der Waals surface area contributed by atoms with Crippen molar-refractivity contribution in [2.45, 2.75) is 0 Å². The monoisotopic (exact) mass is 445 g/mol. The second kappa shape index (κ2) is 8.51. The van der Waals surface area contributed by atoms with Gasteiger partial charge in [0.25, 0.3) is 11.6 Å². The number of nitrogens with one attached hydrogen (secondary N) is 1. The van der Waals surface area contributed by atoms with Gasteiger partial charge in [-0.2, -0.15) is 5.10 Å². The summed E-state index contributed by atoms with van der Waals surface area (Å²) in [6.45, 7) is -0.448. The number of nitro benzene ring substituents is 1. The fraction of sp³-hybridized carbons (Fsp3) is 0.125. The van der Waals surface area contributed by atoms with Crippen molar-refractivity contribution >= 4 is 52.6 Å². The van der Waals surface area contributed by atoms with E-state index in [0.717, 1.165) is 6.21 Å². The summed E-state index contributed by atoms with van der Waals surface area (Å²) in [4.78, 5) is 22.4. The molecule has 1 amide bonds. The number of nitrogens with zero attached hydrogens (tertiary/aromatic N) is 2. The van der Waals surface area contributed by atoms with Crippen molar-refractivity contribution in [1.82, 2.24) is 5.43 Å². The van der Waals surface area contributed by atoms with Crippen LogP contribution in [0, 0.1) is 10.1 Å². The van der Waals surface area contributed by atoms with Gasteiger partial charge in [0.05, 0.1) is 37.8 Å². The van der Waals surface area contributed by atoms with Gasteiger partial charge in [-0.15, -0.1) is 0 Å². The quantitative estimate of drug-likeness (QED) is 0.312. The Hall–Kier alpha value is -2.75. The van der Waals surface area contributed by atoms with Gasteiger partial charge >= 0.3 is 0 Å². The Labute approximate surface area is 172 Å². The van der Waals surface area contributed by atoms with Crippen LogP contribution in [-0.4, -0.2) is 30.4 Å². The fourth-order valence-electron chi connectivity index (χ4n) is 2.17. The molecule has 0 fully saturated rings. The number of ether oxygens (including phenoxy) is 3. The van der Waals surface area contributed by atoms with Gasteiger partial charge < -0.3 is 14.2 Å². The summed E-state index contributed by atoms with van der Waals surface area (Å²) in [7, 11) is 0. The van der Waals surface area contributed by atoms with Crippen LogP contribution < -0.4 is 19.6 Å². The van der Waals surface area contributed by atoms with E-state index in [1.807, 2.05) is 0 Å². The molecule has 0 spiro atoms. The lowest BCUT2D eigenvalue weighted by molar-refractivity contribution is -0.385. The van der Waals surface area contributed by atoms with E-state index in [4.69, 9.17) is 49.0 Å². The van der Waals surface area contributed by atoms with E-state index >= 15 is 0 Å². The van der Waals surface area contributed by atoms with E-state index in [1.54, 1.807) is 0 Å². The first-order valence-corrected chi connectivity index (χ1v) is 8.66. The first kappa shape index (κ1) is 20.0. The third kappa shape index (κ3) is 4.56. The van der Waals surface area contributed by atoms with Gasteiger partial charge in [0.15, 0.2) is 18.1 Å². The summed E-state index contributed by atoms with van der Waals surface area (Å²) in [5.41, 5.74) is 2.07. The molecule has 1 heterocycles. The van der Waals surface area contributed by atoms with E-state index < -0.39 is 17.4 Å². The summed E-state index contributed by atoms with van der Waals surface area (Å²) in [6, 6.07) is 5.37. The van der Waals surface area contributed by atoms with E-state index in [-0.39, 0.29) is 44.6 Å². The maximum Gasteiger partial charge on any atom is 0.282 e. The number of nitro groups is 1. The molecule has 12 heteroatoms. The Morgan fingerprint density at radius 1 is 1.18 bits per heavy atom. The van der Waals surface area contributed by atoms with E-state index in [2.05, 4.69) is 10.5 Å². The van der Waals surface area contributed by atoms with Crippen molar-refractivity contribution in [3.63, 3.8) is 0 Å². The minimum Gasteiger partial charge on any atom is -0.482 e. The predicted octanol–water partition coefficient (Wildman–Crippen LogP) is 3.81. The van der Waals surface area contributed by atoms with Crippen molar-refractivity contribution in [1.29, 1.82) is 0 Å². The van der Waals surface area contributed by atoms with Crippen LogP contribution in [0.3, 0.4) is 0 Å².